The smallest absolute Gasteiger partial charge is 0.126 e. The lowest BCUT2D eigenvalue weighted by Crippen LogP contribution is -2.14. The molecule has 0 radical (unpaired) electrons. The quantitative estimate of drug-likeness (QED) is 0.893. The Morgan fingerprint density at radius 3 is 2.26 bits per heavy atom. The van der Waals surface area contributed by atoms with Gasteiger partial charge >= 0.3 is 0 Å². The van der Waals surface area contributed by atoms with Crippen molar-refractivity contribution < 1.29 is 8.78 Å². The molecule has 0 saturated heterocycles. The summed E-state index contributed by atoms with van der Waals surface area (Å²) in [5, 5.41) is 0. The second-order valence-corrected chi connectivity index (χ2v) is 4.94. The van der Waals surface area contributed by atoms with Crippen LogP contribution in [0.15, 0.2) is 36.4 Å². The highest BCUT2D eigenvalue weighted by Crippen LogP contribution is 2.21. The number of aryl methyl sites for hydroxylation is 2. The van der Waals surface area contributed by atoms with Crippen LogP contribution in [0.5, 0.6) is 0 Å². The van der Waals surface area contributed by atoms with Crippen LogP contribution in [0.1, 0.15) is 28.3 Å². The zero-order chi connectivity index (χ0) is 14.0. The van der Waals surface area contributed by atoms with E-state index >= 15 is 0 Å². The predicted molar refractivity (Wildman–Crippen MR) is 72.9 cm³/mol. The minimum Gasteiger partial charge on any atom is -0.324 e. The summed E-state index contributed by atoms with van der Waals surface area (Å²) in [4.78, 5) is 0. The topological polar surface area (TPSA) is 26.0 Å². The number of rotatable bonds is 3. The lowest BCUT2D eigenvalue weighted by molar-refractivity contribution is 0.572. The van der Waals surface area contributed by atoms with Crippen molar-refractivity contribution in [3.63, 3.8) is 0 Å². The normalized spacial score (nSPS) is 12.5. The van der Waals surface area contributed by atoms with Crippen molar-refractivity contribution >= 4 is 0 Å². The molecule has 0 spiro atoms. The van der Waals surface area contributed by atoms with E-state index in [4.69, 9.17) is 5.73 Å². The average molecular weight is 261 g/mol. The van der Waals surface area contributed by atoms with E-state index < -0.39 is 17.7 Å². The highest BCUT2D eigenvalue weighted by Gasteiger charge is 2.11. The summed E-state index contributed by atoms with van der Waals surface area (Å²) in [5.41, 5.74) is 9.93. The van der Waals surface area contributed by atoms with Crippen LogP contribution in [-0.4, -0.2) is 0 Å². The van der Waals surface area contributed by atoms with Crippen molar-refractivity contribution in [3.05, 3.63) is 70.3 Å². The molecule has 2 aromatic rings. The molecule has 0 amide bonds. The molecule has 0 aliphatic heterocycles. The Morgan fingerprint density at radius 2 is 1.63 bits per heavy atom. The lowest BCUT2D eigenvalue weighted by atomic mass is 9.95. The SMILES string of the molecule is Cc1ccc(C)c(CC(N)c2cc(F)cc(F)c2)c1. The van der Waals surface area contributed by atoms with Crippen LogP contribution < -0.4 is 5.73 Å². The fourth-order valence-corrected chi connectivity index (χ4v) is 2.16. The van der Waals surface area contributed by atoms with Gasteiger partial charge < -0.3 is 5.73 Å². The molecule has 2 aromatic carbocycles. The van der Waals surface area contributed by atoms with Crippen LogP contribution in [-0.2, 0) is 6.42 Å². The van der Waals surface area contributed by atoms with Crippen LogP contribution >= 0.6 is 0 Å². The minimum absolute atomic E-state index is 0.411. The molecule has 0 aliphatic rings. The van der Waals surface area contributed by atoms with Crippen LogP contribution in [0, 0.1) is 25.5 Å². The summed E-state index contributed by atoms with van der Waals surface area (Å²) in [6, 6.07) is 9.15. The third-order valence-corrected chi connectivity index (χ3v) is 3.26. The Bertz CT molecular complexity index is 573. The van der Waals surface area contributed by atoms with Crippen molar-refractivity contribution in [3.8, 4) is 0 Å². The molecular weight excluding hydrogens is 244 g/mol. The summed E-state index contributed by atoms with van der Waals surface area (Å²) in [6.45, 7) is 4.02. The standard InChI is InChI=1S/C16H17F2N/c1-10-3-4-11(2)12(5-10)8-16(19)13-6-14(17)9-15(18)7-13/h3-7,9,16H,8,19H2,1-2H3. The summed E-state index contributed by atoms with van der Waals surface area (Å²) in [5.74, 6) is -1.18. The van der Waals surface area contributed by atoms with Crippen molar-refractivity contribution in [2.24, 2.45) is 5.73 Å². The zero-order valence-corrected chi connectivity index (χ0v) is 11.1. The first-order valence-electron chi connectivity index (χ1n) is 6.23. The Morgan fingerprint density at radius 1 is 1.00 bits per heavy atom. The first-order chi connectivity index (χ1) is 8.95. The lowest BCUT2D eigenvalue weighted by Gasteiger charge is -2.15. The summed E-state index contributed by atoms with van der Waals surface area (Å²) < 4.78 is 26.3. The molecule has 1 nitrogen and oxygen atoms in total. The Hall–Kier alpha value is -1.74. The number of hydrogen-bond acceptors (Lipinski definition) is 1. The van der Waals surface area contributed by atoms with E-state index in [0.717, 1.165) is 22.8 Å². The third-order valence-electron chi connectivity index (χ3n) is 3.26. The van der Waals surface area contributed by atoms with Crippen LogP contribution in [0.4, 0.5) is 8.78 Å². The minimum atomic E-state index is -0.591. The van der Waals surface area contributed by atoms with E-state index in [-0.39, 0.29) is 0 Å². The largest absolute Gasteiger partial charge is 0.324 e. The van der Waals surface area contributed by atoms with E-state index in [1.54, 1.807) is 0 Å². The van der Waals surface area contributed by atoms with Crippen LogP contribution in [0.25, 0.3) is 0 Å². The number of hydrogen-bond donors (Lipinski definition) is 1. The second kappa shape index (κ2) is 5.49. The molecule has 0 bridgehead atoms. The maximum Gasteiger partial charge on any atom is 0.126 e. The van der Waals surface area contributed by atoms with E-state index in [1.807, 2.05) is 26.0 Å². The van der Waals surface area contributed by atoms with Gasteiger partial charge in [0.15, 0.2) is 0 Å². The molecule has 1 unspecified atom stereocenters. The van der Waals surface area contributed by atoms with Crippen molar-refractivity contribution in [2.75, 3.05) is 0 Å². The van der Waals surface area contributed by atoms with E-state index in [0.29, 0.717) is 12.0 Å². The summed E-state index contributed by atoms with van der Waals surface area (Å²) >= 11 is 0. The van der Waals surface area contributed by atoms with Gasteiger partial charge in [-0.2, -0.15) is 0 Å². The van der Waals surface area contributed by atoms with E-state index in [9.17, 15) is 8.78 Å². The molecule has 0 heterocycles. The van der Waals surface area contributed by atoms with E-state index in [2.05, 4.69) is 6.07 Å². The maximum absolute atomic E-state index is 13.2. The molecule has 0 aromatic heterocycles. The average Bonchev–Trinajstić information content (AvgIpc) is 2.32. The first kappa shape index (κ1) is 13.7. The monoisotopic (exact) mass is 261 g/mol. The van der Waals surface area contributed by atoms with Gasteiger partial charge in [-0.05, 0) is 49.1 Å². The van der Waals surface area contributed by atoms with Gasteiger partial charge in [0.25, 0.3) is 0 Å². The van der Waals surface area contributed by atoms with Gasteiger partial charge in [0.05, 0.1) is 0 Å². The molecule has 0 aliphatic carbocycles. The molecule has 2 N–H and O–H groups in total. The van der Waals surface area contributed by atoms with Crippen molar-refractivity contribution in [2.45, 2.75) is 26.3 Å². The fourth-order valence-electron chi connectivity index (χ4n) is 2.16. The molecule has 3 heteroatoms. The second-order valence-electron chi connectivity index (χ2n) is 4.94. The molecule has 1 atom stereocenters. The van der Waals surface area contributed by atoms with Crippen molar-refractivity contribution in [1.82, 2.24) is 0 Å². The summed E-state index contributed by atoms with van der Waals surface area (Å²) in [7, 11) is 0. The van der Waals surface area contributed by atoms with Gasteiger partial charge in [0.2, 0.25) is 0 Å². The van der Waals surface area contributed by atoms with E-state index in [1.165, 1.54) is 12.1 Å². The van der Waals surface area contributed by atoms with Gasteiger partial charge in [-0.1, -0.05) is 23.8 Å². The number of benzene rings is 2. The van der Waals surface area contributed by atoms with Gasteiger partial charge in [0.1, 0.15) is 11.6 Å². The molecule has 0 fully saturated rings. The Kier molecular flexibility index (Phi) is 3.96. The van der Waals surface area contributed by atoms with Gasteiger partial charge in [-0.25, -0.2) is 8.78 Å². The van der Waals surface area contributed by atoms with Crippen LogP contribution in [0.3, 0.4) is 0 Å². The number of nitrogens with two attached hydrogens (primary N) is 1. The first-order valence-corrected chi connectivity index (χ1v) is 6.23. The van der Waals surface area contributed by atoms with Gasteiger partial charge in [-0.3, -0.25) is 0 Å². The molecular formula is C16H17F2N. The maximum atomic E-state index is 13.2. The third kappa shape index (κ3) is 3.38. The van der Waals surface area contributed by atoms with Crippen molar-refractivity contribution in [1.29, 1.82) is 0 Å². The fraction of sp³-hybridized carbons (Fsp3) is 0.250. The molecule has 19 heavy (non-hydrogen) atoms. The Labute approximate surface area is 112 Å². The summed E-state index contributed by atoms with van der Waals surface area (Å²) in [6.07, 6.45) is 0.566. The predicted octanol–water partition coefficient (Wildman–Crippen LogP) is 3.82. The molecule has 100 valence electrons. The zero-order valence-electron chi connectivity index (χ0n) is 11.1. The number of halogens is 2. The van der Waals surface area contributed by atoms with Gasteiger partial charge in [-0.15, -0.1) is 0 Å². The molecule has 0 saturated carbocycles. The van der Waals surface area contributed by atoms with Crippen LogP contribution in [0.2, 0.25) is 0 Å². The highest BCUT2D eigenvalue weighted by molar-refractivity contribution is 5.33. The van der Waals surface area contributed by atoms with Gasteiger partial charge in [0, 0.05) is 12.1 Å². The highest BCUT2D eigenvalue weighted by atomic mass is 19.1. The molecule has 2 rings (SSSR count). The Balaban J connectivity index is 2.25.